The molecule has 4 heteroatoms. The average molecular weight is 200 g/mol. The molecule has 1 aliphatic carbocycles. The highest BCUT2D eigenvalue weighted by atomic mass is 16.5. The van der Waals surface area contributed by atoms with Gasteiger partial charge in [0.2, 0.25) is 0 Å². The summed E-state index contributed by atoms with van der Waals surface area (Å²) < 4.78 is 4.64. The van der Waals surface area contributed by atoms with Gasteiger partial charge in [-0.3, -0.25) is 4.79 Å². The molecule has 0 aromatic carbocycles. The van der Waals surface area contributed by atoms with Gasteiger partial charge in [-0.15, -0.1) is 0 Å². The van der Waals surface area contributed by atoms with E-state index in [-0.39, 0.29) is 5.97 Å². The van der Waals surface area contributed by atoms with Gasteiger partial charge in [-0.05, 0) is 33.2 Å². The first-order valence-corrected chi connectivity index (χ1v) is 5.05. The number of rotatable bonds is 5. The molecule has 0 aromatic rings. The molecule has 4 nitrogen and oxygen atoms in total. The molecule has 1 unspecified atom stereocenters. The Bertz CT molecular complexity index is 212. The van der Waals surface area contributed by atoms with Crippen LogP contribution in [0, 0.1) is 0 Å². The van der Waals surface area contributed by atoms with E-state index in [1.54, 1.807) is 6.92 Å². The van der Waals surface area contributed by atoms with Crippen molar-refractivity contribution in [1.82, 2.24) is 4.90 Å². The van der Waals surface area contributed by atoms with Crippen molar-refractivity contribution in [1.29, 1.82) is 0 Å². The van der Waals surface area contributed by atoms with Gasteiger partial charge in [-0.25, -0.2) is 0 Å². The predicted molar refractivity (Wildman–Crippen MR) is 54.9 cm³/mol. The molecule has 1 aliphatic rings. The Morgan fingerprint density at radius 3 is 2.64 bits per heavy atom. The lowest BCUT2D eigenvalue weighted by atomic mass is 9.99. The van der Waals surface area contributed by atoms with Gasteiger partial charge in [-0.2, -0.15) is 0 Å². The predicted octanol–water partition coefficient (Wildman–Crippen LogP) is 0.361. The van der Waals surface area contributed by atoms with Gasteiger partial charge >= 0.3 is 5.97 Å². The maximum absolute atomic E-state index is 11.3. The number of nitrogens with two attached hydrogens (primary N) is 1. The van der Waals surface area contributed by atoms with Crippen molar-refractivity contribution in [2.45, 2.75) is 37.8 Å². The molecule has 1 atom stereocenters. The summed E-state index contributed by atoms with van der Waals surface area (Å²) in [6.07, 6.45) is 3.19. The fourth-order valence-electron chi connectivity index (χ4n) is 1.44. The fraction of sp³-hybridized carbons (Fsp3) is 0.900. The van der Waals surface area contributed by atoms with Crippen LogP contribution in [0.5, 0.6) is 0 Å². The van der Waals surface area contributed by atoms with Crippen LogP contribution in [0.2, 0.25) is 0 Å². The zero-order valence-electron chi connectivity index (χ0n) is 9.25. The van der Waals surface area contributed by atoms with Crippen molar-refractivity contribution >= 4 is 5.97 Å². The second-order valence-corrected chi connectivity index (χ2v) is 4.37. The van der Waals surface area contributed by atoms with Gasteiger partial charge in [-0.1, -0.05) is 0 Å². The molecule has 0 heterocycles. The maximum Gasteiger partial charge on any atom is 0.325 e. The molecule has 0 aromatic heterocycles. The third-order valence-electron chi connectivity index (χ3n) is 2.81. The van der Waals surface area contributed by atoms with Crippen molar-refractivity contribution in [3.63, 3.8) is 0 Å². The summed E-state index contributed by atoms with van der Waals surface area (Å²) in [7, 11) is 3.45. The van der Waals surface area contributed by atoms with Crippen LogP contribution >= 0.6 is 0 Å². The lowest BCUT2D eigenvalue weighted by molar-refractivity contribution is -0.146. The second-order valence-electron chi connectivity index (χ2n) is 4.37. The first-order valence-electron chi connectivity index (χ1n) is 5.05. The van der Waals surface area contributed by atoms with Gasteiger partial charge < -0.3 is 15.4 Å². The molecule has 0 spiro atoms. The smallest absolute Gasteiger partial charge is 0.325 e. The summed E-state index contributed by atoms with van der Waals surface area (Å²) >= 11 is 0. The summed E-state index contributed by atoms with van der Waals surface area (Å²) in [5.74, 6) is -0.332. The normalized spacial score (nSPS) is 20.6. The quantitative estimate of drug-likeness (QED) is 0.651. The van der Waals surface area contributed by atoms with Crippen LogP contribution in [-0.2, 0) is 9.53 Å². The van der Waals surface area contributed by atoms with Crippen LogP contribution < -0.4 is 5.73 Å². The first-order chi connectivity index (χ1) is 6.47. The number of ether oxygens (including phenoxy) is 1. The summed E-state index contributed by atoms with van der Waals surface area (Å²) in [4.78, 5) is 13.5. The largest absolute Gasteiger partial charge is 0.468 e. The number of carbonyl (C=O) groups excluding carboxylic acids is 1. The van der Waals surface area contributed by atoms with E-state index in [9.17, 15) is 4.79 Å². The highest BCUT2D eigenvalue weighted by molar-refractivity contribution is 5.79. The van der Waals surface area contributed by atoms with E-state index >= 15 is 0 Å². The summed E-state index contributed by atoms with van der Waals surface area (Å²) in [5, 5.41) is 0. The standard InChI is InChI=1S/C10H20N2O2/c1-10(11,9(13)14-3)6-7-12(2)8-4-5-8/h8H,4-7,11H2,1-3H3. The van der Waals surface area contributed by atoms with Gasteiger partial charge in [0.15, 0.2) is 0 Å². The van der Waals surface area contributed by atoms with Crippen LogP contribution in [0.25, 0.3) is 0 Å². The number of methoxy groups -OCH3 is 1. The van der Waals surface area contributed by atoms with E-state index in [0.717, 1.165) is 6.54 Å². The van der Waals surface area contributed by atoms with E-state index in [0.29, 0.717) is 12.5 Å². The number of hydrogen-bond acceptors (Lipinski definition) is 4. The maximum atomic E-state index is 11.3. The van der Waals surface area contributed by atoms with E-state index in [1.165, 1.54) is 20.0 Å². The molecule has 1 fully saturated rings. The molecule has 82 valence electrons. The molecule has 0 amide bonds. The molecule has 1 saturated carbocycles. The number of nitrogens with zero attached hydrogens (tertiary/aromatic N) is 1. The summed E-state index contributed by atoms with van der Waals surface area (Å²) in [6.45, 7) is 2.58. The monoisotopic (exact) mass is 200 g/mol. The van der Waals surface area contributed by atoms with Crippen molar-refractivity contribution in [2.75, 3.05) is 20.7 Å². The second kappa shape index (κ2) is 4.28. The first kappa shape index (κ1) is 11.5. The van der Waals surface area contributed by atoms with Crippen molar-refractivity contribution < 1.29 is 9.53 Å². The number of hydrogen-bond donors (Lipinski definition) is 1. The fourth-order valence-corrected chi connectivity index (χ4v) is 1.44. The van der Waals surface area contributed by atoms with Crippen LogP contribution in [0.4, 0.5) is 0 Å². The minimum absolute atomic E-state index is 0.332. The minimum Gasteiger partial charge on any atom is -0.468 e. The van der Waals surface area contributed by atoms with Crippen LogP contribution in [0.15, 0.2) is 0 Å². The Morgan fingerprint density at radius 2 is 2.21 bits per heavy atom. The molecule has 0 radical (unpaired) electrons. The Morgan fingerprint density at radius 1 is 1.64 bits per heavy atom. The topological polar surface area (TPSA) is 55.6 Å². The molecule has 0 bridgehead atoms. The van der Waals surface area contributed by atoms with Crippen LogP contribution in [0.1, 0.15) is 26.2 Å². The molecular formula is C10H20N2O2. The summed E-state index contributed by atoms with van der Waals surface area (Å²) in [6, 6.07) is 0.712. The molecule has 1 rings (SSSR count). The minimum atomic E-state index is -0.849. The van der Waals surface area contributed by atoms with Gasteiger partial charge in [0.1, 0.15) is 5.54 Å². The van der Waals surface area contributed by atoms with E-state index in [4.69, 9.17) is 5.73 Å². The average Bonchev–Trinajstić information content (AvgIpc) is 2.96. The van der Waals surface area contributed by atoms with Crippen molar-refractivity contribution in [3.8, 4) is 0 Å². The molecular weight excluding hydrogens is 180 g/mol. The molecule has 0 aliphatic heterocycles. The van der Waals surface area contributed by atoms with Gasteiger partial charge in [0.05, 0.1) is 7.11 Å². The lowest BCUT2D eigenvalue weighted by Crippen LogP contribution is -2.48. The van der Waals surface area contributed by atoms with E-state index in [1.807, 2.05) is 0 Å². The molecule has 0 saturated heterocycles. The van der Waals surface area contributed by atoms with E-state index < -0.39 is 5.54 Å². The molecule has 14 heavy (non-hydrogen) atoms. The van der Waals surface area contributed by atoms with Crippen LogP contribution in [-0.4, -0.2) is 43.2 Å². The SMILES string of the molecule is COC(=O)C(C)(N)CCN(C)C1CC1. The Labute approximate surface area is 85.4 Å². The summed E-state index contributed by atoms with van der Waals surface area (Å²) in [5.41, 5.74) is 4.99. The highest BCUT2D eigenvalue weighted by Crippen LogP contribution is 2.25. The lowest BCUT2D eigenvalue weighted by Gasteiger charge is -2.24. The third kappa shape index (κ3) is 2.96. The van der Waals surface area contributed by atoms with Crippen molar-refractivity contribution in [3.05, 3.63) is 0 Å². The Kier molecular flexibility index (Phi) is 3.50. The third-order valence-corrected chi connectivity index (χ3v) is 2.81. The Hall–Kier alpha value is -0.610. The number of esters is 1. The number of carbonyl (C=O) groups is 1. The zero-order chi connectivity index (χ0) is 10.8. The Balaban J connectivity index is 2.30. The zero-order valence-corrected chi connectivity index (χ0v) is 9.25. The molecule has 2 N–H and O–H groups in total. The van der Waals surface area contributed by atoms with Gasteiger partial charge in [0, 0.05) is 12.6 Å². The van der Waals surface area contributed by atoms with Crippen LogP contribution in [0.3, 0.4) is 0 Å². The van der Waals surface area contributed by atoms with Crippen molar-refractivity contribution in [2.24, 2.45) is 5.73 Å². The highest BCUT2D eigenvalue weighted by Gasteiger charge is 2.32. The van der Waals surface area contributed by atoms with E-state index in [2.05, 4.69) is 16.7 Å². The van der Waals surface area contributed by atoms with Gasteiger partial charge in [0.25, 0.3) is 0 Å².